The summed E-state index contributed by atoms with van der Waals surface area (Å²) in [5, 5.41) is 4.13. The third kappa shape index (κ3) is 5.46. The van der Waals surface area contributed by atoms with Crippen LogP contribution >= 0.6 is 34.2 Å². The molecule has 0 saturated carbocycles. The van der Waals surface area contributed by atoms with E-state index in [2.05, 4.69) is 40.9 Å². The predicted octanol–water partition coefficient (Wildman–Crippen LogP) is 5.74. The lowest BCUT2D eigenvalue weighted by atomic mass is 10.2. The molecular formula is C18H21ClINO2. The van der Waals surface area contributed by atoms with Gasteiger partial charge in [-0.3, -0.25) is 0 Å². The first-order valence-electron chi connectivity index (χ1n) is 7.71. The number of nitrogens with one attached hydrogen (secondary N) is 1. The summed E-state index contributed by atoms with van der Waals surface area (Å²) in [5.74, 6) is 1.64. The lowest BCUT2D eigenvalue weighted by molar-refractivity contribution is 0.275. The summed E-state index contributed by atoms with van der Waals surface area (Å²) in [4.78, 5) is 0. The van der Waals surface area contributed by atoms with Crippen LogP contribution in [0.2, 0.25) is 5.02 Å². The highest BCUT2D eigenvalue weighted by molar-refractivity contribution is 14.1. The minimum absolute atomic E-state index is 0.618. The molecule has 0 bridgehead atoms. The van der Waals surface area contributed by atoms with Crippen molar-refractivity contribution in [3.63, 3.8) is 0 Å². The Bertz CT molecular complexity index is 632. The number of rotatable bonds is 8. The molecule has 0 aliphatic carbocycles. The smallest absolute Gasteiger partial charge is 0.174 e. The van der Waals surface area contributed by atoms with Gasteiger partial charge in [-0.1, -0.05) is 18.5 Å². The molecule has 5 heteroatoms. The molecule has 124 valence electrons. The molecule has 0 heterocycles. The van der Waals surface area contributed by atoms with E-state index in [1.165, 1.54) is 0 Å². The number of halogens is 2. The zero-order valence-electron chi connectivity index (χ0n) is 13.4. The summed E-state index contributed by atoms with van der Waals surface area (Å²) in [6.45, 7) is 6.10. The lowest BCUT2D eigenvalue weighted by Gasteiger charge is -2.15. The van der Waals surface area contributed by atoms with Crippen molar-refractivity contribution in [2.24, 2.45) is 0 Å². The van der Waals surface area contributed by atoms with Crippen molar-refractivity contribution < 1.29 is 9.47 Å². The van der Waals surface area contributed by atoms with Gasteiger partial charge in [0.25, 0.3) is 0 Å². The number of anilines is 1. The lowest BCUT2D eigenvalue weighted by Crippen LogP contribution is -2.05. The quantitative estimate of drug-likeness (QED) is 0.525. The number of hydrogen-bond donors (Lipinski definition) is 1. The van der Waals surface area contributed by atoms with Gasteiger partial charge < -0.3 is 14.8 Å². The van der Waals surface area contributed by atoms with E-state index in [-0.39, 0.29) is 0 Å². The van der Waals surface area contributed by atoms with Crippen LogP contribution in [-0.4, -0.2) is 13.2 Å². The highest BCUT2D eigenvalue weighted by Crippen LogP contribution is 2.34. The standard InChI is InChI=1S/C18H21ClINO2/c1-3-9-23-18-16(20)10-13(11-17(18)22-4-2)12-21-15-7-5-14(19)6-8-15/h5-8,10-11,21H,3-4,9,12H2,1-2H3. The van der Waals surface area contributed by atoms with Crippen molar-refractivity contribution in [3.05, 3.63) is 50.6 Å². The van der Waals surface area contributed by atoms with Crippen molar-refractivity contribution in [3.8, 4) is 11.5 Å². The molecule has 0 atom stereocenters. The van der Waals surface area contributed by atoms with E-state index in [1.807, 2.05) is 37.3 Å². The van der Waals surface area contributed by atoms with Crippen LogP contribution in [0.15, 0.2) is 36.4 Å². The average molecular weight is 446 g/mol. The Kier molecular flexibility index (Phi) is 7.30. The van der Waals surface area contributed by atoms with Crippen LogP contribution in [-0.2, 0) is 6.54 Å². The van der Waals surface area contributed by atoms with Gasteiger partial charge in [-0.05, 0) is 77.9 Å². The molecule has 0 amide bonds. The van der Waals surface area contributed by atoms with E-state index in [0.717, 1.165) is 37.8 Å². The third-order valence-corrected chi connectivity index (χ3v) is 4.21. The fraction of sp³-hybridized carbons (Fsp3) is 0.333. The van der Waals surface area contributed by atoms with Crippen molar-refractivity contribution in [2.75, 3.05) is 18.5 Å². The van der Waals surface area contributed by atoms with Crippen LogP contribution in [0.5, 0.6) is 11.5 Å². The van der Waals surface area contributed by atoms with Crippen LogP contribution in [0.1, 0.15) is 25.8 Å². The minimum atomic E-state index is 0.618. The Morgan fingerprint density at radius 1 is 1.09 bits per heavy atom. The number of hydrogen-bond acceptors (Lipinski definition) is 3. The van der Waals surface area contributed by atoms with E-state index < -0.39 is 0 Å². The molecule has 0 aliphatic rings. The Balaban J connectivity index is 2.13. The fourth-order valence-electron chi connectivity index (χ4n) is 2.10. The topological polar surface area (TPSA) is 30.5 Å². The van der Waals surface area contributed by atoms with Crippen molar-refractivity contribution in [2.45, 2.75) is 26.8 Å². The normalized spacial score (nSPS) is 10.4. The molecule has 0 aliphatic heterocycles. The average Bonchev–Trinajstić information content (AvgIpc) is 2.54. The van der Waals surface area contributed by atoms with Gasteiger partial charge in [0.05, 0.1) is 16.8 Å². The van der Waals surface area contributed by atoms with Gasteiger partial charge in [-0.15, -0.1) is 0 Å². The first-order valence-corrected chi connectivity index (χ1v) is 9.17. The molecule has 2 aromatic rings. The van der Waals surface area contributed by atoms with Gasteiger partial charge in [0.15, 0.2) is 11.5 Å². The van der Waals surface area contributed by atoms with E-state index in [4.69, 9.17) is 21.1 Å². The maximum atomic E-state index is 5.91. The summed E-state index contributed by atoms with van der Waals surface area (Å²) in [5.41, 5.74) is 2.19. The molecule has 0 radical (unpaired) electrons. The molecule has 0 aromatic heterocycles. The maximum Gasteiger partial charge on any atom is 0.174 e. The van der Waals surface area contributed by atoms with Gasteiger partial charge in [-0.2, -0.15) is 0 Å². The van der Waals surface area contributed by atoms with Gasteiger partial charge in [0.2, 0.25) is 0 Å². The predicted molar refractivity (Wildman–Crippen MR) is 105 cm³/mol. The van der Waals surface area contributed by atoms with Crippen molar-refractivity contribution in [1.82, 2.24) is 0 Å². The van der Waals surface area contributed by atoms with Gasteiger partial charge in [0, 0.05) is 17.3 Å². The summed E-state index contributed by atoms with van der Waals surface area (Å²) in [7, 11) is 0. The zero-order valence-corrected chi connectivity index (χ0v) is 16.3. The molecule has 2 rings (SSSR count). The highest BCUT2D eigenvalue weighted by Gasteiger charge is 2.12. The Hall–Kier alpha value is -1.14. The molecule has 3 nitrogen and oxygen atoms in total. The second-order valence-corrected chi connectivity index (χ2v) is 6.65. The Labute approximate surface area is 156 Å². The van der Waals surface area contributed by atoms with Crippen molar-refractivity contribution >= 4 is 39.9 Å². The molecule has 0 unspecified atom stereocenters. The van der Waals surface area contributed by atoms with Gasteiger partial charge in [0.1, 0.15) is 0 Å². The summed E-state index contributed by atoms with van der Waals surface area (Å²) < 4.78 is 12.6. The number of benzene rings is 2. The Morgan fingerprint density at radius 2 is 1.83 bits per heavy atom. The number of ether oxygens (including phenoxy) is 2. The molecule has 0 fully saturated rings. The summed E-state index contributed by atoms with van der Waals surface area (Å²) in [6, 6.07) is 11.9. The first-order chi connectivity index (χ1) is 11.1. The van der Waals surface area contributed by atoms with E-state index >= 15 is 0 Å². The minimum Gasteiger partial charge on any atom is -0.490 e. The van der Waals surface area contributed by atoms with Crippen LogP contribution in [0.3, 0.4) is 0 Å². The third-order valence-electron chi connectivity index (χ3n) is 3.16. The highest BCUT2D eigenvalue weighted by atomic mass is 127. The van der Waals surface area contributed by atoms with E-state index in [1.54, 1.807) is 0 Å². The van der Waals surface area contributed by atoms with Crippen LogP contribution < -0.4 is 14.8 Å². The fourth-order valence-corrected chi connectivity index (χ4v) is 3.05. The molecule has 23 heavy (non-hydrogen) atoms. The maximum absolute atomic E-state index is 5.91. The monoisotopic (exact) mass is 445 g/mol. The molecule has 2 aromatic carbocycles. The van der Waals surface area contributed by atoms with E-state index in [9.17, 15) is 0 Å². The first kappa shape index (κ1) is 18.2. The summed E-state index contributed by atoms with van der Waals surface area (Å²) in [6.07, 6.45) is 0.974. The summed E-state index contributed by atoms with van der Waals surface area (Å²) >= 11 is 8.20. The zero-order chi connectivity index (χ0) is 16.7. The second kappa shape index (κ2) is 9.23. The van der Waals surface area contributed by atoms with Gasteiger partial charge in [-0.25, -0.2) is 0 Å². The van der Waals surface area contributed by atoms with Crippen molar-refractivity contribution in [1.29, 1.82) is 0 Å². The molecule has 1 N–H and O–H groups in total. The van der Waals surface area contributed by atoms with Crippen LogP contribution in [0.4, 0.5) is 5.69 Å². The van der Waals surface area contributed by atoms with E-state index in [0.29, 0.717) is 19.8 Å². The van der Waals surface area contributed by atoms with Gasteiger partial charge >= 0.3 is 0 Å². The van der Waals surface area contributed by atoms with Crippen LogP contribution in [0.25, 0.3) is 0 Å². The molecule has 0 saturated heterocycles. The molecule has 0 spiro atoms. The largest absolute Gasteiger partial charge is 0.490 e. The molecular weight excluding hydrogens is 425 g/mol. The SMILES string of the molecule is CCCOc1c(I)cc(CNc2ccc(Cl)cc2)cc1OCC. The Morgan fingerprint density at radius 3 is 2.48 bits per heavy atom. The van der Waals surface area contributed by atoms with Crippen LogP contribution in [0, 0.1) is 3.57 Å². The second-order valence-electron chi connectivity index (χ2n) is 5.05.